The molecule has 2 N–H and O–H groups in total. The predicted molar refractivity (Wildman–Crippen MR) is 89.2 cm³/mol. The molecule has 3 rings (SSSR count). The maximum absolute atomic E-state index is 15.5. The zero-order valence-corrected chi connectivity index (χ0v) is 14.2. The molecule has 1 aliphatic carbocycles. The van der Waals surface area contributed by atoms with Crippen LogP contribution in [0.2, 0.25) is 5.02 Å². The van der Waals surface area contributed by atoms with Crippen molar-refractivity contribution in [1.29, 1.82) is 0 Å². The quantitative estimate of drug-likeness (QED) is 0.869. The molecule has 1 heterocycles. The molecule has 1 aromatic carbocycles. The molecule has 0 unspecified atom stereocenters. The minimum absolute atomic E-state index is 0.0728. The molecular weight excluding hydrogens is 350 g/mol. The Kier molecular flexibility index (Phi) is 4.75. The average molecular weight is 367 g/mol. The molecule has 2 aromatic rings. The van der Waals surface area contributed by atoms with Gasteiger partial charge in [0.2, 0.25) is 5.67 Å². The molecule has 25 heavy (non-hydrogen) atoms. The SMILES string of the molecule is C[C@@H](NC(=O)[C@]1(F)CC[C@H](O)c2ncccc21)c1ccc(F)cc1Cl. The number of amides is 1. The van der Waals surface area contributed by atoms with Crippen LogP contribution in [0.3, 0.4) is 0 Å². The molecule has 3 atom stereocenters. The first-order chi connectivity index (χ1) is 11.8. The zero-order valence-electron chi connectivity index (χ0n) is 13.5. The van der Waals surface area contributed by atoms with Crippen molar-refractivity contribution in [3.8, 4) is 0 Å². The van der Waals surface area contributed by atoms with E-state index in [0.29, 0.717) is 5.56 Å². The van der Waals surface area contributed by atoms with Gasteiger partial charge in [-0.3, -0.25) is 9.78 Å². The van der Waals surface area contributed by atoms with Crippen LogP contribution in [-0.2, 0) is 10.5 Å². The molecule has 0 radical (unpaired) electrons. The number of pyridine rings is 1. The predicted octanol–water partition coefficient (Wildman–Crippen LogP) is 3.74. The summed E-state index contributed by atoms with van der Waals surface area (Å²) in [6.07, 6.45) is 0.506. The summed E-state index contributed by atoms with van der Waals surface area (Å²) in [7, 11) is 0. The molecule has 0 aliphatic heterocycles. The fourth-order valence-corrected chi connectivity index (χ4v) is 3.43. The van der Waals surface area contributed by atoms with E-state index in [4.69, 9.17) is 11.6 Å². The first-order valence-electron chi connectivity index (χ1n) is 7.91. The second-order valence-electron chi connectivity index (χ2n) is 6.15. The van der Waals surface area contributed by atoms with E-state index in [2.05, 4.69) is 10.3 Å². The Morgan fingerprint density at radius 3 is 2.96 bits per heavy atom. The lowest BCUT2D eigenvalue weighted by atomic mass is 9.80. The molecule has 0 saturated heterocycles. The number of carbonyl (C=O) groups excluding carboxylic acids is 1. The standard InChI is InChI=1S/C18H17ClF2N2O2/c1-10(12-5-4-11(20)9-14(12)19)23-17(25)18(21)7-6-15(24)16-13(18)3-2-8-22-16/h2-5,8-10,15,24H,6-7H2,1H3,(H,23,25)/t10-,15+,18+/m1/s1. The van der Waals surface area contributed by atoms with E-state index in [1.165, 1.54) is 30.5 Å². The van der Waals surface area contributed by atoms with Crippen LogP contribution in [0.1, 0.15) is 48.7 Å². The number of rotatable bonds is 3. The van der Waals surface area contributed by atoms with Gasteiger partial charge in [-0.05, 0) is 43.5 Å². The number of aliphatic hydroxyl groups excluding tert-OH is 1. The van der Waals surface area contributed by atoms with E-state index in [-0.39, 0.29) is 29.1 Å². The number of halogens is 3. The first kappa shape index (κ1) is 17.8. The second kappa shape index (κ2) is 6.69. The van der Waals surface area contributed by atoms with Crippen LogP contribution in [0.25, 0.3) is 0 Å². The monoisotopic (exact) mass is 366 g/mol. The summed E-state index contributed by atoms with van der Waals surface area (Å²) >= 11 is 6.00. The number of benzene rings is 1. The summed E-state index contributed by atoms with van der Waals surface area (Å²) < 4.78 is 28.7. The normalized spacial score (nSPS) is 23.6. The molecule has 1 aliphatic rings. The van der Waals surface area contributed by atoms with Gasteiger partial charge in [-0.25, -0.2) is 8.78 Å². The number of hydrogen-bond donors (Lipinski definition) is 2. The molecule has 4 nitrogen and oxygen atoms in total. The van der Waals surface area contributed by atoms with Gasteiger partial charge in [0.15, 0.2) is 0 Å². The third kappa shape index (κ3) is 3.24. The van der Waals surface area contributed by atoms with Gasteiger partial charge in [-0.15, -0.1) is 0 Å². The van der Waals surface area contributed by atoms with Gasteiger partial charge in [0.1, 0.15) is 5.82 Å². The molecule has 0 spiro atoms. The van der Waals surface area contributed by atoms with Gasteiger partial charge in [0.05, 0.1) is 17.8 Å². The zero-order chi connectivity index (χ0) is 18.2. The van der Waals surface area contributed by atoms with Crippen molar-refractivity contribution in [2.45, 2.75) is 37.6 Å². The third-order valence-electron chi connectivity index (χ3n) is 4.48. The fourth-order valence-electron chi connectivity index (χ4n) is 3.10. The Hall–Kier alpha value is -2.05. The third-order valence-corrected chi connectivity index (χ3v) is 4.81. The van der Waals surface area contributed by atoms with E-state index < -0.39 is 29.5 Å². The first-order valence-corrected chi connectivity index (χ1v) is 8.29. The van der Waals surface area contributed by atoms with Crippen molar-refractivity contribution in [1.82, 2.24) is 10.3 Å². The molecule has 132 valence electrons. The smallest absolute Gasteiger partial charge is 0.262 e. The van der Waals surface area contributed by atoms with Crippen molar-refractivity contribution < 1.29 is 18.7 Å². The fraction of sp³-hybridized carbons (Fsp3) is 0.333. The Balaban J connectivity index is 1.87. The number of hydrogen-bond acceptors (Lipinski definition) is 3. The lowest BCUT2D eigenvalue weighted by molar-refractivity contribution is -0.136. The lowest BCUT2D eigenvalue weighted by Crippen LogP contribution is -2.45. The molecule has 0 fully saturated rings. The molecular formula is C18H17ClF2N2O2. The Labute approximate surface area is 148 Å². The van der Waals surface area contributed by atoms with Gasteiger partial charge >= 0.3 is 0 Å². The summed E-state index contributed by atoms with van der Waals surface area (Å²) in [5.41, 5.74) is -1.55. The molecule has 7 heteroatoms. The Morgan fingerprint density at radius 2 is 2.24 bits per heavy atom. The van der Waals surface area contributed by atoms with Gasteiger partial charge < -0.3 is 10.4 Å². The number of aliphatic hydroxyl groups is 1. The van der Waals surface area contributed by atoms with E-state index in [9.17, 15) is 14.3 Å². The van der Waals surface area contributed by atoms with E-state index in [1.807, 2.05) is 0 Å². The molecule has 1 amide bonds. The van der Waals surface area contributed by atoms with Crippen LogP contribution in [0, 0.1) is 5.82 Å². The number of aromatic nitrogens is 1. The summed E-state index contributed by atoms with van der Waals surface area (Å²) in [5.74, 6) is -1.32. The van der Waals surface area contributed by atoms with Gasteiger partial charge in [-0.1, -0.05) is 23.7 Å². The maximum atomic E-state index is 15.5. The van der Waals surface area contributed by atoms with E-state index in [1.54, 1.807) is 6.92 Å². The topological polar surface area (TPSA) is 62.2 Å². The van der Waals surface area contributed by atoms with Gasteiger partial charge in [0, 0.05) is 16.8 Å². The maximum Gasteiger partial charge on any atom is 0.262 e. The van der Waals surface area contributed by atoms with E-state index >= 15 is 4.39 Å². The van der Waals surface area contributed by atoms with Crippen molar-refractivity contribution in [2.24, 2.45) is 0 Å². The number of nitrogens with zero attached hydrogens (tertiary/aromatic N) is 1. The summed E-state index contributed by atoms with van der Waals surface area (Å²) in [6.45, 7) is 1.64. The van der Waals surface area contributed by atoms with Crippen molar-refractivity contribution >= 4 is 17.5 Å². The van der Waals surface area contributed by atoms with Gasteiger partial charge in [0.25, 0.3) is 5.91 Å². The van der Waals surface area contributed by atoms with Crippen molar-refractivity contribution in [2.75, 3.05) is 0 Å². The van der Waals surface area contributed by atoms with Gasteiger partial charge in [-0.2, -0.15) is 0 Å². The van der Waals surface area contributed by atoms with Crippen LogP contribution in [0.15, 0.2) is 36.5 Å². The van der Waals surface area contributed by atoms with E-state index in [0.717, 1.165) is 6.07 Å². The lowest BCUT2D eigenvalue weighted by Gasteiger charge is -2.33. The van der Waals surface area contributed by atoms with Crippen LogP contribution in [0.5, 0.6) is 0 Å². The van der Waals surface area contributed by atoms with Crippen LogP contribution in [0.4, 0.5) is 8.78 Å². The second-order valence-corrected chi connectivity index (χ2v) is 6.56. The average Bonchev–Trinajstić information content (AvgIpc) is 2.58. The Bertz CT molecular complexity index is 817. The number of carbonyl (C=O) groups is 1. The minimum atomic E-state index is -2.29. The summed E-state index contributed by atoms with van der Waals surface area (Å²) in [5, 5.41) is 12.7. The van der Waals surface area contributed by atoms with Crippen molar-refractivity contribution in [3.63, 3.8) is 0 Å². The Morgan fingerprint density at radius 1 is 1.48 bits per heavy atom. The van der Waals surface area contributed by atoms with Crippen LogP contribution in [-0.4, -0.2) is 16.0 Å². The van der Waals surface area contributed by atoms with Crippen LogP contribution < -0.4 is 5.32 Å². The highest BCUT2D eigenvalue weighted by atomic mass is 35.5. The van der Waals surface area contributed by atoms with Crippen molar-refractivity contribution in [3.05, 3.63) is 64.2 Å². The highest BCUT2D eigenvalue weighted by molar-refractivity contribution is 6.31. The minimum Gasteiger partial charge on any atom is -0.387 e. The number of nitrogens with one attached hydrogen (secondary N) is 1. The summed E-state index contributed by atoms with van der Waals surface area (Å²) in [4.78, 5) is 16.6. The molecule has 1 aromatic heterocycles. The molecule has 0 saturated carbocycles. The number of alkyl halides is 1. The molecule has 0 bridgehead atoms. The summed E-state index contributed by atoms with van der Waals surface area (Å²) in [6, 6.07) is 6.19. The highest BCUT2D eigenvalue weighted by Crippen LogP contribution is 2.42. The van der Waals surface area contributed by atoms with Crippen LogP contribution >= 0.6 is 11.6 Å². The number of fused-ring (bicyclic) bond motifs is 1. The largest absolute Gasteiger partial charge is 0.387 e. The highest BCUT2D eigenvalue weighted by Gasteiger charge is 2.47.